The Labute approximate surface area is 345 Å². The quantitative estimate of drug-likeness (QED) is 0.0446. The zero-order valence-electron chi connectivity index (χ0n) is 34.3. The summed E-state index contributed by atoms with van der Waals surface area (Å²) in [4.78, 5) is 25.8. The molecule has 2 heterocycles. The van der Waals surface area contributed by atoms with E-state index in [2.05, 4.69) is 178 Å². The molecule has 0 saturated heterocycles. The van der Waals surface area contributed by atoms with E-state index in [1.807, 2.05) is 0 Å². The highest BCUT2D eigenvalue weighted by Crippen LogP contribution is 2.57. The van der Waals surface area contributed by atoms with Gasteiger partial charge in [-0.25, -0.2) is 0 Å². The minimum absolute atomic E-state index is 0.00205. The Morgan fingerprint density at radius 1 is 0.860 bits per heavy atom. The predicted molar refractivity (Wildman–Crippen MR) is 238 cm³/mol. The van der Waals surface area contributed by atoms with Crippen LogP contribution in [0, 0.1) is 20.8 Å². The molecule has 1 unspecified atom stereocenters. The molecule has 0 fully saturated rings. The van der Waals surface area contributed by atoms with E-state index < -0.39 is 11.4 Å². The van der Waals surface area contributed by atoms with E-state index in [0.717, 1.165) is 55.6 Å². The van der Waals surface area contributed by atoms with E-state index in [0.29, 0.717) is 19.6 Å². The van der Waals surface area contributed by atoms with Crippen LogP contribution in [-0.2, 0) is 31.6 Å². The molecule has 57 heavy (non-hydrogen) atoms. The SMILES string of the molecule is CC(=CC(Br)=CC(C)=C1N(CCC(=O)O)c2c(c3ccccc3c3ccccc23)C1(C)Cc1cc(C)cc(C)c1)C1=[N+](CCOC=O)c2c(C)cccc2C1(C)C. The summed E-state index contributed by atoms with van der Waals surface area (Å²) < 4.78 is 8.43. The molecule has 0 aromatic heterocycles. The number of hydrogen-bond donors (Lipinski definition) is 1. The van der Waals surface area contributed by atoms with Crippen molar-refractivity contribution in [1.29, 1.82) is 0 Å². The number of carboxylic acids is 1. The van der Waals surface area contributed by atoms with E-state index in [4.69, 9.17) is 4.74 Å². The lowest BCUT2D eigenvalue weighted by Gasteiger charge is -2.32. The van der Waals surface area contributed by atoms with Crippen molar-refractivity contribution in [3.05, 3.63) is 152 Å². The summed E-state index contributed by atoms with van der Waals surface area (Å²) in [7, 11) is 0. The number of para-hydroxylation sites is 1. The molecule has 1 N–H and O–H groups in total. The first-order valence-electron chi connectivity index (χ1n) is 19.7. The number of anilines is 1. The van der Waals surface area contributed by atoms with E-state index >= 15 is 0 Å². The molecular formula is C50H52BrN2O4+. The molecule has 292 valence electrons. The van der Waals surface area contributed by atoms with Gasteiger partial charge in [-0.3, -0.25) is 9.59 Å². The molecule has 0 amide bonds. The van der Waals surface area contributed by atoms with Gasteiger partial charge in [0.15, 0.2) is 12.3 Å². The first-order valence-corrected chi connectivity index (χ1v) is 20.5. The number of ether oxygens (including phenoxy) is 1. The normalized spacial score (nSPS) is 18.6. The Balaban J connectivity index is 1.46. The third-order valence-electron chi connectivity index (χ3n) is 11.9. The average molecular weight is 825 g/mol. The number of benzene rings is 5. The summed E-state index contributed by atoms with van der Waals surface area (Å²) in [6, 6.07) is 30.5. The first-order chi connectivity index (χ1) is 27.2. The van der Waals surface area contributed by atoms with Crippen LogP contribution < -0.4 is 4.90 Å². The second-order valence-electron chi connectivity index (χ2n) is 16.6. The van der Waals surface area contributed by atoms with Crippen LogP contribution in [0.4, 0.5) is 11.4 Å². The van der Waals surface area contributed by atoms with Crippen molar-refractivity contribution in [3.63, 3.8) is 0 Å². The summed E-state index contributed by atoms with van der Waals surface area (Å²) in [5.41, 5.74) is 13.2. The van der Waals surface area contributed by atoms with Gasteiger partial charge in [-0.2, -0.15) is 4.58 Å². The summed E-state index contributed by atoms with van der Waals surface area (Å²) in [6.45, 7) is 19.3. The van der Waals surface area contributed by atoms with E-state index in [1.54, 1.807) is 0 Å². The van der Waals surface area contributed by atoms with E-state index in [1.165, 1.54) is 44.2 Å². The molecule has 2 aliphatic heterocycles. The topological polar surface area (TPSA) is 69.8 Å². The number of aryl methyl sites for hydroxylation is 3. The smallest absolute Gasteiger partial charge is 0.305 e. The zero-order valence-corrected chi connectivity index (χ0v) is 35.9. The van der Waals surface area contributed by atoms with Gasteiger partial charge in [0.25, 0.3) is 6.47 Å². The van der Waals surface area contributed by atoms with Crippen LogP contribution in [0.3, 0.4) is 0 Å². The Bertz CT molecular complexity index is 2570. The number of aliphatic carboxylic acids is 1. The van der Waals surface area contributed by atoms with Crippen LogP contribution in [0.1, 0.15) is 74.4 Å². The van der Waals surface area contributed by atoms with Crippen molar-refractivity contribution < 1.29 is 24.0 Å². The highest BCUT2D eigenvalue weighted by molar-refractivity contribution is 9.11. The number of allylic oxidation sites excluding steroid dienone is 6. The zero-order chi connectivity index (χ0) is 40.8. The van der Waals surface area contributed by atoms with Gasteiger partial charge in [0, 0.05) is 44.2 Å². The number of halogens is 1. The fraction of sp³-hybridized carbons (Fsp3) is 0.300. The van der Waals surface area contributed by atoms with Crippen LogP contribution >= 0.6 is 15.9 Å². The lowest BCUT2D eigenvalue weighted by atomic mass is 9.73. The molecule has 0 bridgehead atoms. The minimum atomic E-state index is -0.827. The molecular weight excluding hydrogens is 772 g/mol. The van der Waals surface area contributed by atoms with Crippen molar-refractivity contribution in [1.82, 2.24) is 0 Å². The summed E-state index contributed by atoms with van der Waals surface area (Å²) in [5, 5.41) is 14.8. The van der Waals surface area contributed by atoms with Crippen molar-refractivity contribution >= 4 is 67.0 Å². The maximum atomic E-state index is 12.3. The largest absolute Gasteiger partial charge is 0.481 e. The Hall–Kier alpha value is -5.27. The summed E-state index contributed by atoms with van der Waals surface area (Å²) in [5.74, 6) is -0.827. The van der Waals surface area contributed by atoms with Gasteiger partial charge in [0.1, 0.15) is 6.61 Å². The number of carboxylic acid groups (broad SMARTS) is 1. The maximum Gasteiger partial charge on any atom is 0.305 e. The number of rotatable bonds is 12. The number of fused-ring (bicyclic) bond motifs is 7. The fourth-order valence-electron chi connectivity index (χ4n) is 10.1. The Kier molecular flexibility index (Phi) is 10.9. The number of hydrogen-bond acceptors (Lipinski definition) is 4. The first kappa shape index (κ1) is 39.9. The van der Waals surface area contributed by atoms with E-state index in [-0.39, 0.29) is 18.4 Å². The molecule has 2 aliphatic rings. The van der Waals surface area contributed by atoms with Gasteiger partial charge >= 0.3 is 5.97 Å². The Morgan fingerprint density at radius 2 is 1.49 bits per heavy atom. The highest BCUT2D eigenvalue weighted by Gasteiger charge is 2.48. The number of carbonyl (C=O) groups is 2. The van der Waals surface area contributed by atoms with Crippen LogP contribution in [0.5, 0.6) is 0 Å². The van der Waals surface area contributed by atoms with Crippen LogP contribution in [0.2, 0.25) is 0 Å². The van der Waals surface area contributed by atoms with Crippen LogP contribution in [0.15, 0.2) is 118 Å². The van der Waals surface area contributed by atoms with Gasteiger partial charge in [-0.15, -0.1) is 0 Å². The van der Waals surface area contributed by atoms with Gasteiger partial charge in [0.05, 0.1) is 17.5 Å². The van der Waals surface area contributed by atoms with Gasteiger partial charge < -0.3 is 14.7 Å². The van der Waals surface area contributed by atoms with Gasteiger partial charge in [0.2, 0.25) is 5.69 Å². The fourth-order valence-corrected chi connectivity index (χ4v) is 10.8. The molecule has 7 heteroatoms. The highest BCUT2D eigenvalue weighted by atomic mass is 79.9. The van der Waals surface area contributed by atoms with Crippen molar-refractivity contribution in [3.8, 4) is 0 Å². The molecule has 5 aromatic rings. The maximum absolute atomic E-state index is 12.3. The molecule has 0 radical (unpaired) electrons. The average Bonchev–Trinajstić information content (AvgIpc) is 3.54. The number of carbonyl (C=O) groups excluding carboxylic acids is 1. The Morgan fingerprint density at radius 3 is 2.14 bits per heavy atom. The molecule has 0 saturated carbocycles. The second-order valence-corrected chi connectivity index (χ2v) is 17.5. The molecule has 5 aromatic carbocycles. The van der Waals surface area contributed by atoms with Crippen LogP contribution in [0.25, 0.3) is 21.5 Å². The van der Waals surface area contributed by atoms with Crippen molar-refractivity contribution in [2.45, 2.75) is 79.1 Å². The molecule has 0 spiro atoms. The molecule has 7 rings (SSSR count). The number of nitrogens with zero attached hydrogens (tertiary/aromatic N) is 2. The summed E-state index contributed by atoms with van der Waals surface area (Å²) >= 11 is 4.00. The van der Waals surface area contributed by atoms with Gasteiger partial charge in [-0.05, 0) is 107 Å². The molecule has 0 aliphatic carbocycles. The van der Waals surface area contributed by atoms with Crippen LogP contribution in [-0.4, -0.2) is 47.5 Å². The van der Waals surface area contributed by atoms with E-state index in [9.17, 15) is 14.7 Å². The third kappa shape index (κ3) is 7.16. The summed E-state index contributed by atoms with van der Waals surface area (Å²) in [6.07, 6.45) is 5.12. The lowest BCUT2D eigenvalue weighted by molar-refractivity contribution is -0.441. The van der Waals surface area contributed by atoms with Crippen molar-refractivity contribution in [2.75, 3.05) is 24.6 Å². The standard InChI is InChI=1S/C50H51BrN2O4/c1-31-24-32(2)26-36(25-31)29-50(8)44-40-17-11-9-15-38(40)39-16-10-12-18-41(39)46(44)52(21-20-43(55)56)48(50)35(5)28-37(51)27-34(4)47-49(6,7)42-19-13-14-33(3)45(42)53(47)22-23-57-30-54/h9-19,24-28,30H,20-23,29H2,1-8H3/p+1. The monoisotopic (exact) mass is 823 g/mol. The minimum Gasteiger partial charge on any atom is -0.481 e. The third-order valence-corrected chi connectivity index (χ3v) is 12.4. The second kappa shape index (κ2) is 15.6. The molecule has 6 nitrogen and oxygen atoms in total. The predicted octanol–water partition coefficient (Wildman–Crippen LogP) is 11.5. The van der Waals surface area contributed by atoms with Crippen molar-refractivity contribution in [2.24, 2.45) is 0 Å². The lowest BCUT2D eigenvalue weighted by Crippen LogP contribution is -2.33. The molecule has 1 atom stereocenters. The van der Waals surface area contributed by atoms with Gasteiger partial charge in [-0.1, -0.05) is 112 Å².